The van der Waals surface area contributed by atoms with E-state index in [9.17, 15) is 17.6 Å². The topological polar surface area (TPSA) is 66.9 Å². The van der Waals surface area contributed by atoms with Gasteiger partial charge in [0.2, 0.25) is 15.9 Å². The smallest absolute Gasteiger partial charge is 0.244 e. The molecule has 1 spiro atoms. The molecule has 0 N–H and O–H groups in total. The van der Waals surface area contributed by atoms with Crippen molar-refractivity contribution in [3.05, 3.63) is 29.6 Å². The van der Waals surface area contributed by atoms with Crippen molar-refractivity contribution in [3.8, 4) is 0 Å². The largest absolute Gasteiger partial charge is 0.383 e. The van der Waals surface area contributed by atoms with Crippen molar-refractivity contribution in [2.24, 2.45) is 0 Å². The number of ether oxygens (including phenoxy) is 1. The Bertz CT molecular complexity index is 798. The third-order valence-electron chi connectivity index (χ3n) is 5.42. The Labute approximate surface area is 154 Å². The number of rotatable bonds is 5. The van der Waals surface area contributed by atoms with Crippen LogP contribution in [0.1, 0.15) is 31.2 Å². The van der Waals surface area contributed by atoms with Crippen molar-refractivity contribution >= 4 is 15.9 Å². The summed E-state index contributed by atoms with van der Waals surface area (Å²) in [5, 5.41) is 0. The minimum Gasteiger partial charge on any atom is -0.383 e. The van der Waals surface area contributed by atoms with Crippen LogP contribution in [0.2, 0.25) is 0 Å². The van der Waals surface area contributed by atoms with Crippen LogP contribution in [0.25, 0.3) is 0 Å². The van der Waals surface area contributed by atoms with Crippen LogP contribution >= 0.6 is 0 Å². The van der Waals surface area contributed by atoms with E-state index in [1.807, 2.05) is 0 Å². The van der Waals surface area contributed by atoms with Crippen LogP contribution in [0.4, 0.5) is 4.39 Å². The number of methoxy groups -OCH3 is 1. The van der Waals surface area contributed by atoms with E-state index in [0.717, 1.165) is 12.5 Å². The van der Waals surface area contributed by atoms with Gasteiger partial charge in [-0.25, -0.2) is 12.8 Å². The molecule has 0 aliphatic carbocycles. The summed E-state index contributed by atoms with van der Waals surface area (Å²) in [7, 11) is -2.39. The standard InChI is InChI=1S/C18H25FN2O4S/c1-14-5-6-15(19)13-16(14)26(23,24)21-10-4-8-18(21)7-3-9-20(17(18)22)11-12-25-2/h5-6,13H,3-4,7-12H2,1-2H3. The van der Waals surface area contributed by atoms with Gasteiger partial charge in [-0.3, -0.25) is 4.79 Å². The van der Waals surface area contributed by atoms with Crippen molar-refractivity contribution in [2.45, 2.75) is 43.0 Å². The summed E-state index contributed by atoms with van der Waals surface area (Å²) in [6.45, 7) is 3.39. The quantitative estimate of drug-likeness (QED) is 0.778. The second kappa shape index (κ2) is 7.25. The maximum absolute atomic E-state index is 13.7. The molecule has 6 nitrogen and oxygen atoms in total. The first-order chi connectivity index (χ1) is 12.3. The Kier molecular flexibility index (Phi) is 5.37. The number of hydrogen-bond donors (Lipinski definition) is 0. The fraction of sp³-hybridized carbons (Fsp3) is 0.611. The van der Waals surface area contributed by atoms with Crippen LogP contribution in [0.5, 0.6) is 0 Å². The normalized spacial score (nSPS) is 24.6. The van der Waals surface area contributed by atoms with Gasteiger partial charge in [0.05, 0.1) is 11.5 Å². The highest BCUT2D eigenvalue weighted by atomic mass is 32.2. The number of hydrogen-bond acceptors (Lipinski definition) is 4. The summed E-state index contributed by atoms with van der Waals surface area (Å²) in [6, 6.07) is 3.75. The van der Waals surface area contributed by atoms with Gasteiger partial charge >= 0.3 is 0 Å². The zero-order valence-corrected chi connectivity index (χ0v) is 16.0. The predicted octanol–water partition coefficient (Wildman–Crippen LogP) is 1.93. The number of nitrogens with zero attached hydrogens (tertiary/aromatic N) is 2. The maximum Gasteiger partial charge on any atom is 0.244 e. The van der Waals surface area contributed by atoms with Crippen molar-refractivity contribution in [1.29, 1.82) is 0 Å². The van der Waals surface area contributed by atoms with E-state index in [0.29, 0.717) is 44.5 Å². The molecule has 1 atom stereocenters. The number of aryl methyl sites for hydroxylation is 1. The summed E-state index contributed by atoms with van der Waals surface area (Å²) in [4.78, 5) is 14.8. The van der Waals surface area contributed by atoms with Crippen molar-refractivity contribution < 1.29 is 22.3 Å². The molecule has 2 aliphatic rings. The van der Waals surface area contributed by atoms with Crippen molar-refractivity contribution in [1.82, 2.24) is 9.21 Å². The molecule has 0 radical (unpaired) electrons. The molecule has 2 fully saturated rings. The predicted molar refractivity (Wildman–Crippen MR) is 94.7 cm³/mol. The maximum atomic E-state index is 13.7. The van der Waals surface area contributed by atoms with Crippen LogP contribution in [-0.2, 0) is 19.6 Å². The van der Waals surface area contributed by atoms with Gasteiger partial charge in [-0.1, -0.05) is 6.07 Å². The molecule has 0 saturated carbocycles. The van der Waals surface area contributed by atoms with E-state index in [1.54, 1.807) is 18.9 Å². The molecule has 144 valence electrons. The van der Waals surface area contributed by atoms with Crippen LogP contribution in [0, 0.1) is 12.7 Å². The first-order valence-electron chi connectivity index (χ1n) is 8.90. The molecular weight excluding hydrogens is 359 g/mol. The average molecular weight is 384 g/mol. The first-order valence-corrected chi connectivity index (χ1v) is 10.3. The number of carbonyl (C=O) groups excluding carboxylic acids is 1. The Balaban J connectivity index is 1.99. The molecule has 26 heavy (non-hydrogen) atoms. The lowest BCUT2D eigenvalue weighted by Crippen LogP contribution is -2.61. The van der Waals surface area contributed by atoms with Gasteiger partial charge in [-0.15, -0.1) is 0 Å². The zero-order chi connectivity index (χ0) is 18.9. The lowest BCUT2D eigenvalue weighted by molar-refractivity contribution is -0.145. The number of carbonyl (C=O) groups is 1. The van der Waals surface area contributed by atoms with Gasteiger partial charge in [-0.05, 0) is 50.3 Å². The Morgan fingerprint density at radius 2 is 1.92 bits per heavy atom. The minimum absolute atomic E-state index is 0.0550. The van der Waals surface area contributed by atoms with Crippen LogP contribution in [-0.4, -0.2) is 62.4 Å². The zero-order valence-electron chi connectivity index (χ0n) is 15.2. The third-order valence-corrected chi connectivity index (χ3v) is 7.52. The summed E-state index contributed by atoms with van der Waals surface area (Å²) < 4.78 is 46.7. The monoisotopic (exact) mass is 384 g/mol. The SMILES string of the molecule is COCCN1CCCC2(CCCN2S(=O)(=O)c2cc(F)ccc2C)C1=O. The fourth-order valence-corrected chi connectivity index (χ4v) is 6.18. The highest BCUT2D eigenvalue weighted by molar-refractivity contribution is 7.89. The first kappa shape index (κ1) is 19.3. The highest BCUT2D eigenvalue weighted by Crippen LogP contribution is 2.42. The molecule has 0 aromatic heterocycles. The average Bonchev–Trinajstić information content (AvgIpc) is 3.04. The summed E-state index contributed by atoms with van der Waals surface area (Å²) in [6.07, 6.45) is 2.37. The Morgan fingerprint density at radius 1 is 1.23 bits per heavy atom. The number of amides is 1. The van der Waals surface area contributed by atoms with Crippen LogP contribution < -0.4 is 0 Å². The lowest BCUT2D eigenvalue weighted by Gasteiger charge is -2.43. The molecule has 3 rings (SSSR count). The number of piperidine rings is 1. The van der Waals surface area contributed by atoms with E-state index in [-0.39, 0.29) is 17.3 Å². The van der Waals surface area contributed by atoms with Gasteiger partial charge in [0.25, 0.3) is 0 Å². The molecule has 2 saturated heterocycles. The molecule has 8 heteroatoms. The van der Waals surface area contributed by atoms with Gasteiger partial charge < -0.3 is 9.64 Å². The second-order valence-electron chi connectivity index (χ2n) is 7.01. The number of sulfonamides is 1. The van der Waals surface area contributed by atoms with E-state index in [4.69, 9.17) is 4.74 Å². The molecule has 2 heterocycles. The molecule has 0 bridgehead atoms. The van der Waals surface area contributed by atoms with Gasteiger partial charge in [-0.2, -0.15) is 4.31 Å². The highest BCUT2D eigenvalue weighted by Gasteiger charge is 2.55. The minimum atomic E-state index is -3.96. The molecule has 1 aromatic carbocycles. The number of benzene rings is 1. The van der Waals surface area contributed by atoms with E-state index < -0.39 is 21.4 Å². The number of likely N-dealkylation sites (tertiary alicyclic amines) is 1. The Hall–Kier alpha value is -1.51. The molecule has 1 aromatic rings. The van der Waals surface area contributed by atoms with E-state index >= 15 is 0 Å². The summed E-state index contributed by atoms with van der Waals surface area (Å²) in [5.41, 5.74) is -0.572. The van der Waals surface area contributed by atoms with E-state index in [1.165, 1.54) is 16.4 Å². The Morgan fingerprint density at radius 3 is 2.62 bits per heavy atom. The van der Waals surface area contributed by atoms with Gasteiger partial charge in [0.15, 0.2) is 0 Å². The molecular formula is C18H25FN2O4S. The summed E-state index contributed by atoms with van der Waals surface area (Å²) >= 11 is 0. The van der Waals surface area contributed by atoms with E-state index in [2.05, 4.69) is 0 Å². The molecule has 2 aliphatic heterocycles. The lowest BCUT2D eigenvalue weighted by atomic mass is 9.86. The van der Waals surface area contributed by atoms with Gasteiger partial charge in [0.1, 0.15) is 11.4 Å². The van der Waals surface area contributed by atoms with Crippen molar-refractivity contribution in [2.75, 3.05) is 33.4 Å². The number of halogens is 1. The molecule has 1 unspecified atom stereocenters. The fourth-order valence-electron chi connectivity index (χ4n) is 4.12. The van der Waals surface area contributed by atoms with Gasteiger partial charge in [0, 0.05) is 26.7 Å². The summed E-state index contributed by atoms with van der Waals surface area (Å²) in [5.74, 6) is -0.755. The van der Waals surface area contributed by atoms with Crippen LogP contribution in [0.15, 0.2) is 23.1 Å². The second-order valence-corrected chi connectivity index (χ2v) is 8.84. The van der Waals surface area contributed by atoms with Crippen LogP contribution in [0.3, 0.4) is 0 Å². The van der Waals surface area contributed by atoms with Crippen molar-refractivity contribution in [3.63, 3.8) is 0 Å². The molecule has 1 amide bonds. The third kappa shape index (κ3) is 3.14.